The Morgan fingerprint density at radius 3 is 2.83 bits per heavy atom. The lowest BCUT2D eigenvalue weighted by Crippen LogP contribution is -2.18. The SMILES string of the molecule is CSc1nc(N)cc(N(C)Cc2csc(Br)c2)n1. The summed E-state index contributed by atoms with van der Waals surface area (Å²) in [7, 11) is 2.00. The first-order valence-corrected chi connectivity index (χ1v) is 8.11. The van der Waals surface area contributed by atoms with Gasteiger partial charge in [0.05, 0.1) is 3.79 Å². The smallest absolute Gasteiger partial charge is 0.191 e. The normalized spacial score (nSPS) is 10.6. The van der Waals surface area contributed by atoms with Crippen molar-refractivity contribution in [2.24, 2.45) is 0 Å². The summed E-state index contributed by atoms with van der Waals surface area (Å²) >= 11 is 6.64. The van der Waals surface area contributed by atoms with E-state index in [4.69, 9.17) is 5.73 Å². The number of nitrogens with zero attached hydrogens (tertiary/aromatic N) is 3. The van der Waals surface area contributed by atoms with E-state index in [2.05, 4.69) is 42.2 Å². The first-order valence-electron chi connectivity index (χ1n) is 5.21. The summed E-state index contributed by atoms with van der Waals surface area (Å²) in [5, 5.41) is 2.82. The molecule has 0 atom stereocenters. The third kappa shape index (κ3) is 3.37. The van der Waals surface area contributed by atoms with Crippen LogP contribution >= 0.6 is 39.0 Å². The van der Waals surface area contributed by atoms with Gasteiger partial charge in [0.25, 0.3) is 0 Å². The van der Waals surface area contributed by atoms with Crippen LogP contribution in [0.1, 0.15) is 5.56 Å². The van der Waals surface area contributed by atoms with Crippen LogP contribution in [0, 0.1) is 0 Å². The van der Waals surface area contributed by atoms with Gasteiger partial charge >= 0.3 is 0 Å². The van der Waals surface area contributed by atoms with Gasteiger partial charge in [-0.25, -0.2) is 9.97 Å². The van der Waals surface area contributed by atoms with E-state index in [1.54, 1.807) is 17.4 Å². The van der Waals surface area contributed by atoms with Crippen molar-refractivity contribution in [3.63, 3.8) is 0 Å². The van der Waals surface area contributed by atoms with Crippen molar-refractivity contribution in [2.75, 3.05) is 23.9 Å². The fourth-order valence-corrected chi connectivity index (χ4v) is 3.08. The summed E-state index contributed by atoms with van der Waals surface area (Å²) in [6, 6.07) is 3.91. The zero-order valence-electron chi connectivity index (χ0n) is 10.1. The first kappa shape index (κ1) is 13.6. The van der Waals surface area contributed by atoms with Gasteiger partial charge < -0.3 is 10.6 Å². The van der Waals surface area contributed by atoms with Gasteiger partial charge in [0.1, 0.15) is 11.6 Å². The van der Waals surface area contributed by atoms with Crippen LogP contribution in [0.25, 0.3) is 0 Å². The molecular weight excluding hydrogens is 332 g/mol. The van der Waals surface area contributed by atoms with Crippen LogP contribution in [-0.4, -0.2) is 23.3 Å². The summed E-state index contributed by atoms with van der Waals surface area (Å²) in [6.07, 6.45) is 1.94. The summed E-state index contributed by atoms with van der Waals surface area (Å²) in [6.45, 7) is 0.798. The lowest BCUT2D eigenvalue weighted by Gasteiger charge is -2.18. The molecule has 2 aromatic heterocycles. The predicted molar refractivity (Wildman–Crippen MR) is 82.4 cm³/mol. The summed E-state index contributed by atoms with van der Waals surface area (Å²) in [4.78, 5) is 10.6. The second-order valence-electron chi connectivity index (χ2n) is 3.75. The lowest BCUT2D eigenvalue weighted by molar-refractivity contribution is 0.862. The monoisotopic (exact) mass is 344 g/mol. The second-order valence-corrected chi connectivity index (χ2v) is 6.82. The predicted octanol–water partition coefficient (Wildman–Crippen LogP) is 3.24. The molecule has 0 amide bonds. The number of thioether (sulfide) groups is 1. The minimum atomic E-state index is 0.502. The van der Waals surface area contributed by atoms with Crippen LogP contribution in [0.15, 0.2) is 26.5 Å². The standard InChI is InChI=1S/C11H13BrN4S2/c1-16(5-7-3-8(12)18-6-7)10-4-9(13)14-11(15-10)17-2/h3-4,6H,5H2,1-2H3,(H2,13,14,15). The van der Waals surface area contributed by atoms with Gasteiger partial charge in [0.2, 0.25) is 0 Å². The highest BCUT2D eigenvalue weighted by molar-refractivity contribution is 9.11. The molecule has 0 saturated carbocycles. The van der Waals surface area contributed by atoms with E-state index in [1.807, 2.05) is 13.3 Å². The van der Waals surface area contributed by atoms with Crippen molar-refractivity contribution in [1.29, 1.82) is 0 Å². The highest BCUT2D eigenvalue weighted by Gasteiger charge is 2.08. The van der Waals surface area contributed by atoms with Crippen molar-refractivity contribution in [1.82, 2.24) is 9.97 Å². The maximum Gasteiger partial charge on any atom is 0.191 e. The Morgan fingerprint density at radius 2 is 2.22 bits per heavy atom. The maximum atomic E-state index is 5.77. The average Bonchev–Trinajstić information content (AvgIpc) is 2.73. The lowest BCUT2D eigenvalue weighted by atomic mass is 10.3. The van der Waals surface area contributed by atoms with Gasteiger partial charge in [-0.2, -0.15) is 0 Å². The second kappa shape index (κ2) is 5.90. The number of nitrogens with two attached hydrogens (primary N) is 1. The summed E-state index contributed by atoms with van der Waals surface area (Å²) in [5.41, 5.74) is 7.02. The number of nitrogen functional groups attached to an aromatic ring is 1. The van der Waals surface area contributed by atoms with E-state index >= 15 is 0 Å². The van der Waals surface area contributed by atoms with Gasteiger partial charge in [0.15, 0.2) is 5.16 Å². The minimum Gasteiger partial charge on any atom is -0.383 e. The van der Waals surface area contributed by atoms with Crippen LogP contribution in [0.2, 0.25) is 0 Å². The molecule has 2 heterocycles. The van der Waals surface area contributed by atoms with Gasteiger partial charge in [0, 0.05) is 19.7 Å². The van der Waals surface area contributed by atoms with Crippen LogP contribution in [-0.2, 0) is 6.54 Å². The molecule has 0 aliphatic carbocycles. The van der Waals surface area contributed by atoms with E-state index in [1.165, 1.54) is 17.3 Å². The fraction of sp³-hybridized carbons (Fsp3) is 0.273. The quantitative estimate of drug-likeness (QED) is 0.681. The van der Waals surface area contributed by atoms with Gasteiger partial charge in [-0.1, -0.05) is 11.8 Å². The van der Waals surface area contributed by atoms with E-state index in [9.17, 15) is 0 Å². The Kier molecular flexibility index (Phi) is 4.47. The van der Waals surface area contributed by atoms with Crippen LogP contribution in [0.5, 0.6) is 0 Å². The molecule has 7 heteroatoms. The summed E-state index contributed by atoms with van der Waals surface area (Å²) in [5.74, 6) is 1.34. The molecule has 18 heavy (non-hydrogen) atoms. The highest BCUT2D eigenvalue weighted by Crippen LogP contribution is 2.24. The van der Waals surface area contributed by atoms with Crippen molar-refractivity contribution < 1.29 is 0 Å². The molecule has 0 spiro atoms. The van der Waals surface area contributed by atoms with Crippen LogP contribution < -0.4 is 10.6 Å². The van der Waals surface area contributed by atoms with E-state index in [0.29, 0.717) is 11.0 Å². The van der Waals surface area contributed by atoms with E-state index in [-0.39, 0.29) is 0 Å². The molecule has 96 valence electrons. The largest absolute Gasteiger partial charge is 0.383 e. The van der Waals surface area contributed by atoms with Crippen LogP contribution in [0.3, 0.4) is 0 Å². The molecular formula is C11H13BrN4S2. The molecule has 0 saturated heterocycles. The maximum absolute atomic E-state index is 5.77. The van der Waals surface area contributed by atoms with Gasteiger partial charge in [-0.3, -0.25) is 0 Å². The van der Waals surface area contributed by atoms with E-state index < -0.39 is 0 Å². The Balaban J connectivity index is 2.17. The van der Waals surface area contributed by atoms with E-state index in [0.717, 1.165) is 16.1 Å². The molecule has 0 bridgehead atoms. The number of thiophene rings is 1. The molecule has 2 aromatic rings. The number of hydrogen-bond acceptors (Lipinski definition) is 6. The van der Waals surface area contributed by atoms with Gasteiger partial charge in [-0.05, 0) is 39.2 Å². The van der Waals surface area contributed by atoms with Crippen molar-refractivity contribution in [2.45, 2.75) is 11.7 Å². The van der Waals surface area contributed by atoms with Crippen molar-refractivity contribution in [3.8, 4) is 0 Å². The van der Waals surface area contributed by atoms with Crippen LogP contribution in [0.4, 0.5) is 11.6 Å². The number of rotatable bonds is 4. The Morgan fingerprint density at radius 1 is 1.44 bits per heavy atom. The Bertz CT molecular complexity index is 544. The molecule has 2 rings (SSSR count). The Hall–Kier alpha value is -0.790. The average molecular weight is 345 g/mol. The topological polar surface area (TPSA) is 55.0 Å². The number of aromatic nitrogens is 2. The number of hydrogen-bond donors (Lipinski definition) is 1. The molecule has 0 radical (unpaired) electrons. The van der Waals surface area contributed by atoms with Gasteiger partial charge in [-0.15, -0.1) is 11.3 Å². The Labute approximate surface area is 123 Å². The zero-order valence-corrected chi connectivity index (χ0v) is 13.3. The highest BCUT2D eigenvalue weighted by atomic mass is 79.9. The number of halogens is 1. The number of anilines is 2. The third-order valence-electron chi connectivity index (χ3n) is 2.33. The van der Waals surface area contributed by atoms with Crippen molar-refractivity contribution in [3.05, 3.63) is 26.9 Å². The minimum absolute atomic E-state index is 0.502. The molecule has 0 aliphatic rings. The first-order chi connectivity index (χ1) is 8.58. The zero-order chi connectivity index (χ0) is 13.1. The molecule has 2 N–H and O–H groups in total. The molecule has 0 aromatic carbocycles. The third-order valence-corrected chi connectivity index (χ3v) is 4.43. The fourth-order valence-electron chi connectivity index (χ4n) is 1.50. The molecule has 0 unspecified atom stereocenters. The summed E-state index contributed by atoms with van der Waals surface area (Å²) < 4.78 is 1.14. The molecule has 4 nitrogen and oxygen atoms in total. The van der Waals surface area contributed by atoms with Crippen molar-refractivity contribution >= 4 is 50.7 Å². The molecule has 0 fully saturated rings. The molecule has 0 aliphatic heterocycles.